The maximum absolute atomic E-state index is 14.7. The number of carbonyl (C=O) groups excluding carboxylic acids is 2. The molecule has 3 heterocycles. The number of nitrogens with one attached hydrogen (secondary N) is 1. The van der Waals surface area contributed by atoms with Crippen molar-refractivity contribution >= 4 is 23.1 Å². The zero-order valence-corrected chi connectivity index (χ0v) is 20.0. The lowest BCUT2D eigenvalue weighted by Crippen LogP contribution is -2.42. The summed E-state index contributed by atoms with van der Waals surface area (Å²) in [6, 6.07) is 2.47. The van der Waals surface area contributed by atoms with Crippen molar-refractivity contribution < 1.29 is 40.3 Å². The number of rotatable bonds is 4. The number of nitrogens with zero attached hydrogens (tertiary/aromatic N) is 4. The highest BCUT2D eigenvalue weighted by Gasteiger charge is 2.46. The maximum atomic E-state index is 14.7. The van der Waals surface area contributed by atoms with Crippen LogP contribution in [0.2, 0.25) is 0 Å². The molecule has 1 aromatic carbocycles. The number of fused-ring (bicyclic) bond motifs is 1. The second-order valence-electron chi connectivity index (χ2n) is 9.68. The first-order valence-electron chi connectivity index (χ1n) is 11.9. The molecule has 0 radical (unpaired) electrons. The number of benzene rings is 1. The third kappa shape index (κ3) is 4.96. The first kappa shape index (κ1) is 26.7. The van der Waals surface area contributed by atoms with E-state index < -0.39 is 89.7 Å². The molecule has 1 aliphatic heterocycles. The molecule has 3 aromatic rings. The Hall–Kier alpha value is -3.91. The molecular weight excluding hydrogens is 537 g/mol. The van der Waals surface area contributed by atoms with Gasteiger partial charge in [-0.2, -0.15) is 18.3 Å². The molecule has 39 heavy (non-hydrogen) atoms. The highest BCUT2D eigenvalue weighted by molar-refractivity contribution is 5.96. The Bertz CT molecular complexity index is 1460. The monoisotopic (exact) mass is 558 g/mol. The van der Waals surface area contributed by atoms with Crippen molar-refractivity contribution in [2.24, 2.45) is 5.92 Å². The number of hydrogen-bond donors (Lipinski definition) is 2. The summed E-state index contributed by atoms with van der Waals surface area (Å²) in [7, 11) is 0. The van der Waals surface area contributed by atoms with Gasteiger partial charge < -0.3 is 16.0 Å². The van der Waals surface area contributed by atoms with Gasteiger partial charge in [0.15, 0.2) is 5.82 Å². The molecule has 208 valence electrons. The van der Waals surface area contributed by atoms with Gasteiger partial charge in [-0.05, 0) is 30.7 Å². The van der Waals surface area contributed by atoms with Gasteiger partial charge in [0.25, 0.3) is 5.91 Å². The Kier molecular flexibility index (Phi) is 6.42. The van der Waals surface area contributed by atoms with Crippen LogP contribution in [0.4, 0.5) is 36.6 Å². The van der Waals surface area contributed by atoms with E-state index in [0.29, 0.717) is 0 Å². The van der Waals surface area contributed by atoms with Gasteiger partial charge in [0, 0.05) is 30.9 Å². The maximum Gasteiger partial charge on any atom is 0.418 e. The fraction of sp³-hybridized carbons (Fsp3) is 0.417. The van der Waals surface area contributed by atoms with Gasteiger partial charge in [0.2, 0.25) is 11.8 Å². The first-order valence-corrected chi connectivity index (χ1v) is 11.9. The molecule has 1 saturated heterocycles. The molecular formula is C24H21F7N6O2. The summed E-state index contributed by atoms with van der Waals surface area (Å²) in [5.74, 6) is -7.10. The van der Waals surface area contributed by atoms with Gasteiger partial charge in [-0.3, -0.25) is 9.59 Å². The summed E-state index contributed by atoms with van der Waals surface area (Å²) < 4.78 is 98.1. The van der Waals surface area contributed by atoms with Crippen LogP contribution in [0.5, 0.6) is 0 Å². The van der Waals surface area contributed by atoms with E-state index in [4.69, 9.17) is 5.73 Å². The SMILES string of the molecule is Nc1ncnn2c(-c3ccc(F)c(C(=O)N[C@@H]4CN(C(=O)C5CCC(F)(F)C5)C[C@@H]4F)c3)cc(C(F)(F)F)c12. The second kappa shape index (κ2) is 9.38. The number of halogens is 7. The second-order valence-corrected chi connectivity index (χ2v) is 9.68. The van der Waals surface area contributed by atoms with Crippen LogP contribution in [0.15, 0.2) is 30.6 Å². The Morgan fingerprint density at radius 2 is 1.90 bits per heavy atom. The van der Waals surface area contributed by atoms with E-state index >= 15 is 0 Å². The molecule has 0 spiro atoms. The Morgan fingerprint density at radius 1 is 1.15 bits per heavy atom. The Balaban J connectivity index is 1.38. The normalized spacial score (nSPS) is 22.9. The molecule has 5 rings (SSSR count). The smallest absolute Gasteiger partial charge is 0.382 e. The number of anilines is 1. The fourth-order valence-electron chi connectivity index (χ4n) is 5.09. The fourth-order valence-corrected chi connectivity index (χ4v) is 5.09. The summed E-state index contributed by atoms with van der Waals surface area (Å²) in [5, 5.41) is 6.11. The van der Waals surface area contributed by atoms with Crippen LogP contribution in [0, 0.1) is 11.7 Å². The number of nitrogen functional groups attached to an aromatic ring is 1. The minimum Gasteiger partial charge on any atom is -0.382 e. The number of likely N-dealkylation sites (tertiary alicyclic amines) is 1. The zero-order chi connectivity index (χ0) is 28.3. The summed E-state index contributed by atoms with van der Waals surface area (Å²) >= 11 is 0. The summed E-state index contributed by atoms with van der Waals surface area (Å²) in [4.78, 5) is 30.1. The molecule has 8 nitrogen and oxygen atoms in total. The summed E-state index contributed by atoms with van der Waals surface area (Å²) in [5.41, 5.74) is 3.21. The highest BCUT2D eigenvalue weighted by atomic mass is 19.4. The average molecular weight is 558 g/mol. The predicted molar refractivity (Wildman–Crippen MR) is 123 cm³/mol. The van der Waals surface area contributed by atoms with E-state index in [9.17, 15) is 40.3 Å². The Morgan fingerprint density at radius 3 is 2.56 bits per heavy atom. The van der Waals surface area contributed by atoms with Gasteiger partial charge in [-0.1, -0.05) is 0 Å². The van der Waals surface area contributed by atoms with Crippen molar-refractivity contribution in [2.75, 3.05) is 18.8 Å². The first-order chi connectivity index (χ1) is 18.2. The van der Waals surface area contributed by atoms with Gasteiger partial charge in [-0.25, -0.2) is 27.1 Å². The summed E-state index contributed by atoms with van der Waals surface area (Å²) in [6.07, 6.45) is -6.73. The molecule has 2 aliphatic rings. The van der Waals surface area contributed by atoms with E-state index in [1.54, 1.807) is 0 Å². The van der Waals surface area contributed by atoms with Crippen LogP contribution in [0.1, 0.15) is 35.2 Å². The minimum atomic E-state index is -4.82. The van der Waals surface area contributed by atoms with Crippen LogP contribution in [-0.2, 0) is 11.0 Å². The lowest BCUT2D eigenvalue weighted by molar-refractivity contribution is -0.136. The minimum absolute atomic E-state index is 0.0210. The largest absolute Gasteiger partial charge is 0.418 e. The molecule has 1 aliphatic carbocycles. The molecule has 1 saturated carbocycles. The standard InChI is InChI=1S/C24H21F7N6O2/c25-15-2-1-11(18-6-14(24(29,30)31)19-20(32)33-10-34-37(18)19)5-13(15)21(38)35-17-9-36(8-16(17)26)22(39)12-3-4-23(27,28)7-12/h1-2,5-6,10,12,16-17H,3-4,7-9H2,(H,35,38)(H2,32,33,34)/t12?,16-,17+/m0/s1. The third-order valence-electron chi connectivity index (χ3n) is 7.02. The topological polar surface area (TPSA) is 106 Å². The van der Waals surface area contributed by atoms with Crippen LogP contribution >= 0.6 is 0 Å². The number of carbonyl (C=O) groups is 2. The number of hydrogen-bond acceptors (Lipinski definition) is 5. The van der Waals surface area contributed by atoms with E-state index in [0.717, 1.165) is 40.0 Å². The van der Waals surface area contributed by atoms with Gasteiger partial charge in [0.05, 0.1) is 29.4 Å². The van der Waals surface area contributed by atoms with Gasteiger partial charge in [0.1, 0.15) is 23.8 Å². The summed E-state index contributed by atoms with van der Waals surface area (Å²) in [6.45, 7) is -0.727. The quantitative estimate of drug-likeness (QED) is 0.474. The molecule has 0 bridgehead atoms. The third-order valence-corrected chi connectivity index (χ3v) is 7.02. The Labute approximate surface area is 216 Å². The highest BCUT2D eigenvalue weighted by Crippen LogP contribution is 2.41. The van der Waals surface area contributed by atoms with E-state index in [-0.39, 0.29) is 24.2 Å². The van der Waals surface area contributed by atoms with Gasteiger partial charge in [-0.15, -0.1) is 0 Å². The van der Waals surface area contributed by atoms with Crippen molar-refractivity contribution in [1.29, 1.82) is 0 Å². The van der Waals surface area contributed by atoms with Gasteiger partial charge >= 0.3 is 6.18 Å². The molecule has 3 N–H and O–H groups in total. The number of alkyl halides is 6. The van der Waals surface area contributed by atoms with Crippen LogP contribution < -0.4 is 11.1 Å². The zero-order valence-electron chi connectivity index (χ0n) is 20.0. The van der Waals surface area contributed by atoms with Crippen molar-refractivity contribution in [3.05, 3.63) is 47.5 Å². The number of amides is 2. The van der Waals surface area contributed by atoms with Crippen molar-refractivity contribution in [3.63, 3.8) is 0 Å². The molecule has 1 unspecified atom stereocenters. The van der Waals surface area contributed by atoms with Crippen molar-refractivity contribution in [2.45, 2.75) is 43.6 Å². The molecule has 2 amide bonds. The molecule has 2 fully saturated rings. The van der Waals surface area contributed by atoms with Crippen molar-refractivity contribution in [1.82, 2.24) is 24.8 Å². The molecule has 15 heteroatoms. The number of nitrogens with two attached hydrogens (primary N) is 1. The lowest BCUT2D eigenvalue weighted by Gasteiger charge is -2.20. The van der Waals surface area contributed by atoms with Crippen LogP contribution in [0.25, 0.3) is 16.8 Å². The molecule has 3 atom stereocenters. The van der Waals surface area contributed by atoms with E-state index in [1.165, 1.54) is 0 Å². The predicted octanol–water partition coefficient (Wildman–Crippen LogP) is 3.85. The van der Waals surface area contributed by atoms with Crippen molar-refractivity contribution in [3.8, 4) is 11.3 Å². The van der Waals surface area contributed by atoms with Crippen LogP contribution in [0.3, 0.4) is 0 Å². The average Bonchev–Trinajstić information content (AvgIpc) is 3.54. The van der Waals surface area contributed by atoms with E-state index in [2.05, 4.69) is 15.4 Å². The molecule has 2 aromatic heterocycles. The van der Waals surface area contributed by atoms with E-state index in [1.807, 2.05) is 0 Å². The lowest BCUT2D eigenvalue weighted by atomic mass is 10.1. The van der Waals surface area contributed by atoms with Crippen LogP contribution in [-0.4, -0.2) is 62.5 Å². The number of aromatic nitrogens is 3.